The van der Waals surface area contributed by atoms with E-state index < -0.39 is 0 Å². The zero-order valence-electron chi connectivity index (χ0n) is 21.8. The van der Waals surface area contributed by atoms with Crippen LogP contribution in [-0.2, 0) is 6.42 Å². The normalized spacial score (nSPS) is 18.8. The highest BCUT2D eigenvalue weighted by molar-refractivity contribution is 5.92. The van der Waals surface area contributed by atoms with Crippen LogP contribution in [0.15, 0.2) is 36.8 Å². The Labute approximate surface area is 208 Å². The van der Waals surface area contributed by atoms with Gasteiger partial charge in [0.15, 0.2) is 5.65 Å². The summed E-state index contributed by atoms with van der Waals surface area (Å²) in [7, 11) is 0. The van der Waals surface area contributed by atoms with Gasteiger partial charge in [-0.2, -0.15) is 5.10 Å². The van der Waals surface area contributed by atoms with E-state index in [9.17, 15) is 0 Å². The number of hydrogen-bond donors (Lipinski definition) is 1. The largest absolute Gasteiger partial charge is 0.354 e. The molecule has 0 atom stereocenters. The zero-order valence-corrected chi connectivity index (χ0v) is 21.8. The third-order valence-electron chi connectivity index (χ3n) is 8.50. The van der Waals surface area contributed by atoms with E-state index in [1.54, 1.807) is 6.33 Å². The number of rotatable bonds is 7. The summed E-state index contributed by atoms with van der Waals surface area (Å²) in [5.41, 5.74) is 9.58. The fourth-order valence-electron chi connectivity index (χ4n) is 6.23. The Bertz CT molecular complexity index is 1350. The lowest BCUT2D eigenvalue weighted by Crippen LogP contribution is -2.36. The second kappa shape index (κ2) is 8.77. The molecule has 1 N–H and O–H groups in total. The molecule has 184 valence electrons. The Balaban J connectivity index is 1.36. The van der Waals surface area contributed by atoms with Gasteiger partial charge < -0.3 is 9.88 Å². The number of aryl methyl sites for hydroxylation is 1. The van der Waals surface area contributed by atoms with Crippen LogP contribution in [0.3, 0.4) is 0 Å². The minimum Gasteiger partial charge on any atom is -0.354 e. The summed E-state index contributed by atoms with van der Waals surface area (Å²) in [4.78, 5) is 11.0. The molecule has 0 bridgehead atoms. The van der Waals surface area contributed by atoms with Crippen LogP contribution in [-0.4, -0.2) is 44.1 Å². The molecule has 0 radical (unpaired) electrons. The number of aromatic nitrogens is 4. The predicted molar refractivity (Wildman–Crippen MR) is 144 cm³/mol. The molecule has 1 aromatic carbocycles. The van der Waals surface area contributed by atoms with Gasteiger partial charge in [0.1, 0.15) is 6.33 Å². The smallest absolute Gasteiger partial charge is 0.155 e. The van der Waals surface area contributed by atoms with Crippen molar-refractivity contribution in [3.63, 3.8) is 0 Å². The monoisotopic (exact) mass is 469 g/mol. The van der Waals surface area contributed by atoms with E-state index in [2.05, 4.69) is 78.1 Å². The number of pyridine rings is 1. The van der Waals surface area contributed by atoms with Crippen molar-refractivity contribution in [2.24, 2.45) is 5.41 Å². The molecule has 3 aromatic heterocycles. The van der Waals surface area contributed by atoms with Crippen molar-refractivity contribution < 1.29 is 0 Å². The summed E-state index contributed by atoms with van der Waals surface area (Å²) in [6, 6.07) is 9.41. The molecule has 2 fully saturated rings. The molecule has 0 amide bonds. The van der Waals surface area contributed by atoms with Gasteiger partial charge in [-0.25, -0.2) is 9.50 Å². The Kier molecular flexibility index (Phi) is 5.71. The molecule has 6 rings (SSSR count). The quantitative estimate of drug-likeness (QED) is 0.319. The second-order valence-corrected chi connectivity index (χ2v) is 11.8. The summed E-state index contributed by atoms with van der Waals surface area (Å²) in [5, 5.41) is 5.82. The van der Waals surface area contributed by atoms with E-state index in [1.807, 2.05) is 4.52 Å². The van der Waals surface area contributed by atoms with Gasteiger partial charge in [-0.05, 0) is 97.3 Å². The SMILES string of the molecule is CCCc1cc2ncnn2cc1-c1[nH]c2ccc(C3CCN(CC4(C)CC4)CC3)cc2c1C(C)C. The van der Waals surface area contributed by atoms with Crippen molar-refractivity contribution in [2.45, 2.75) is 78.1 Å². The average molecular weight is 470 g/mol. The van der Waals surface area contributed by atoms with Crippen molar-refractivity contribution in [1.82, 2.24) is 24.5 Å². The standard InChI is InChI=1S/C30H39N5/c1-5-6-23-16-27-31-19-32-35(27)17-25(23)29-28(20(2)3)24-15-22(7-8-26(24)33-29)21-9-13-34(14-10-21)18-30(4)11-12-30/h7-8,15-17,19-21,33H,5-6,9-14,18H2,1-4H3. The van der Waals surface area contributed by atoms with Crippen molar-refractivity contribution in [3.8, 4) is 11.3 Å². The third-order valence-corrected chi connectivity index (χ3v) is 8.50. The minimum atomic E-state index is 0.427. The maximum atomic E-state index is 4.43. The molecular formula is C30H39N5. The number of fused-ring (bicyclic) bond motifs is 2. The summed E-state index contributed by atoms with van der Waals surface area (Å²) in [6.07, 6.45) is 11.3. The van der Waals surface area contributed by atoms with Gasteiger partial charge in [-0.1, -0.05) is 40.2 Å². The van der Waals surface area contributed by atoms with Crippen molar-refractivity contribution in [1.29, 1.82) is 0 Å². The maximum absolute atomic E-state index is 4.43. The minimum absolute atomic E-state index is 0.427. The molecule has 35 heavy (non-hydrogen) atoms. The number of aromatic amines is 1. The van der Waals surface area contributed by atoms with Crippen LogP contribution in [0.4, 0.5) is 0 Å². The molecule has 1 saturated heterocycles. The first kappa shape index (κ1) is 22.8. The first-order valence-corrected chi connectivity index (χ1v) is 13.6. The summed E-state index contributed by atoms with van der Waals surface area (Å²) in [6.45, 7) is 13.1. The molecule has 5 heteroatoms. The van der Waals surface area contributed by atoms with E-state index in [0.717, 1.165) is 18.5 Å². The molecule has 0 spiro atoms. The Hall–Kier alpha value is -2.66. The summed E-state index contributed by atoms with van der Waals surface area (Å²) in [5.74, 6) is 1.10. The van der Waals surface area contributed by atoms with Gasteiger partial charge in [0.2, 0.25) is 0 Å². The number of hydrogen-bond acceptors (Lipinski definition) is 3. The Morgan fingerprint density at radius 2 is 1.94 bits per heavy atom. The summed E-state index contributed by atoms with van der Waals surface area (Å²) < 4.78 is 1.91. The lowest BCUT2D eigenvalue weighted by atomic mass is 9.87. The number of likely N-dealkylation sites (tertiary alicyclic amines) is 1. The molecule has 4 aromatic rings. The van der Waals surface area contributed by atoms with Gasteiger partial charge in [-0.3, -0.25) is 0 Å². The van der Waals surface area contributed by atoms with Crippen molar-refractivity contribution in [3.05, 3.63) is 53.5 Å². The Morgan fingerprint density at radius 1 is 1.14 bits per heavy atom. The maximum Gasteiger partial charge on any atom is 0.155 e. The van der Waals surface area contributed by atoms with Crippen LogP contribution >= 0.6 is 0 Å². The zero-order chi connectivity index (χ0) is 24.2. The fraction of sp³-hybridized carbons (Fsp3) is 0.533. The number of piperidine rings is 1. The van der Waals surface area contributed by atoms with Crippen LogP contribution < -0.4 is 0 Å². The van der Waals surface area contributed by atoms with E-state index in [0.29, 0.717) is 17.3 Å². The van der Waals surface area contributed by atoms with Gasteiger partial charge in [0.05, 0.1) is 5.69 Å². The van der Waals surface area contributed by atoms with Gasteiger partial charge >= 0.3 is 0 Å². The van der Waals surface area contributed by atoms with Crippen LogP contribution in [0, 0.1) is 5.41 Å². The number of H-pyrrole nitrogens is 1. The highest BCUT2D eigenvalue weighted by Crippen LogP contribution is 2.46. The first-order valence-electron chi connectivity index (χ1n) is 13.6. The second-order valence-electron chi connectivity index (χ2n) is 11.8. The molecule has 5 nitrogen and oxygen atoms in total. The van der Waals surface area contributed by atoms with Crippen molar-refractivity contribution in [2.75, 3.05) is 19.6 Å². The van der Waals surface area contributed by atoms with Gasteiger partial charge in [0, 0.05) is 29.2 Å². The highest BCUT2D eigenvalue weighted by Gasteiger charge is 2.39. The fourth-order valence-corrected chi connectivity index (χ4v) is 6.23. The molecular weight excluding hydrogens is 430 g/mol. The number of benzene rings is 1. The lowest BCUT2D eigenvalue weighted by Gasteiger charge is -2.34. The molecule has 4 heterocycles. The van der Waals surface area contributed by atoms with E-state index in [1.165, 1.54) is 84.2 Å². The van der Waals surface area contributed by atoms with Crippen molar-refractivity contribution >= 4 is 16.6 Å². The highest BCUT2D eigenvalue weighted by atomic mass is 15.3. The third kappa shape index (κ3) is 4.29. The van der Waals surface area contributed by atoms with Crippen LogP contribution in [0.2, 0.25) is 0 Å². The predicted octanol–water partition coefficient (Wildman–Crippen LogP) is 6.93. The number of nitrogens with zero attached hydrogens (tertiary/aromatic N) is 4. The molecule has 1 aliphatic heterocycles. The molecule has 0 unspecified atom stereocenters. The molecule has 1 aliphatic carbocycles. The van der Waals surface area contributed by atoms with E-state index >= 15 is 0 Å². The number of nitrogens with one attached hydrogen (secondary N) is 1. The van der Waals surface area contributed by atoms with E-state index in [4.69, 9.17) is 0 Å². The van der Waals surface area contributed by atoms with Gasteiger partial charge in [0.25, 0.3) is 0 Å². The molecule has 1 saturated carbocycles. The average Bonchev–Trinajstić information content (AvgIpc) is 3.24. The Morgan fingerprint density at radius 3 is 2.66 bits per heavy atom. The topological polar surface area (TPSA) is 49.2 Å². The lowest BCUT2D eigenvalue weighted by molar-refractivity contribution is 0.180. The van der Waals surface area contributed by atoms with Gasteiger partial charge in [-0.15, -0.1) is 0 Å². The van der Waals surface area contributed by atoms with E-state index in [-0.39, 0.29) is 0 Å². The van der Waals surface area contributed by atoms with Crippen LogP contribution in [0.5, 0.6) is 0 Å². The molecule has 2 aliphatic rings. The summed E-state index contributed by atoms with van der Waals surface area (Å²) >= 11 is 0. The van der Waals surface area contributed by atoms with Crippen LogP contribution in [0.25, 0.3) is 27.8 Å². The first-order chi connectivity index (χ1) is 16.9. The van der Waals surface area contributed by atoms with Crippen LogP contribution in [0.1, 0.15) is 88.3 Å².